The highest BCUT2D eigenvalue weighted by Gasteiger charge is 2.28. The molecule has 0 aromatic heterocycles. The van der Waals surface area contributed by atoms with Crippen LogP contribution < -0.4 is 5.32 Å². The van der Waals surface area contributed by atoms with Gasteiger partial charge in [-0.3, -0.25) is 4.79 Å². The van der Waals surface area contributed by atoms with Crippen LogP contribution in [0.5, 0.6) is 0 Å². The Morgan fingerprint density at radius 2 is 1.71 bits per heavy atom. The first-order valence-corrected chi connectivity index (χ1v) is 8.56. The number of amides is 1. The summed E-state index contributed by atoms with van der Waals surface area (Å²) in [6.07, 6.45) is 5.59. The summed E-state index contributed by atoms with van der Waals surface area (Å²) >= 11 is 0. The number of hydrogen-bond donors (Lipinski definition) is 1. The predicted octanol–water partition coefficient (Wildman–Crippen LogP) is 4.40. The molecule has 3 heteroatoms. The lowest BCUT2D eigenvalue weighted by molar-refractivity contribution is -0.912. The van der Waals surface area contributed by atoms with Crippen molar-refractivity contribution in [2.75, 3.05) is 31.5 Å². The van der Waals surface area contributed by atoms with Crippen molar-refractivity contribution in [2.45, 2.75) is 27.7 Å². The summed E-state index contributed by atoms with van der Waals surface area (Å²) in [5.41, 5.74) is 4.22. The lowest BCUT2D eigenvalue weighted by atomic mass is 10.1. The Labute approximate surface area is 147 Å². The zero-order valence-electron chi connectivity index (χ0n) is 15.6. The third kappa shape index (κ3) is 5.20. The first-order valence-electron chi connectivity index (χ1n) is 8.56. The molecule has 0 radical (unpaired) electrons. The van der Waals surface area contributed by atoms with Gasteiger partial charge in [-0.15, -0.1) is 0 Å². The summed E-state index contributed by atoms with van der Waals surface area (Å²) in [7, 11) is 0. The molecule has 0 saturated carbocycles. The minimum absolute atomic E-state index is 0.0538. The number of nitrogens with one attached hydrogen (secondary N) is 1. The first kappa shape index (κ1) is 19.9. The van der Waals surface area contributed by atoms with Gasteiger partial charge in [-0.25, -0.2) is 0 Å². The molecule has 1 amide bonds. The van der Waals surface area contributed by atoms with Crippen LogP contribution in [0.25, 0.3) is 0 Å². The van der Waals surface area contributed by atoms with E-state index in [1.54, 1.807) is 6.08 Å². The number of quaternary nitrogens is 1. The summed E-state index contributed by atoms with van der Waals surface area (Å²) in [6, 6.07) is 6.05. The molecule has 24 heavy (non-hydrogen) atoms. The topological polar surface area (TPSA) is 29.1 Å². The zero-order valence-corrected chi connectivity index (χ0v) is 15.6. The van der Waals surface area contributed by atoms with Crippen LogP contribution in [0.3, 0.4) is 0 Å². The van der Waals surface area contributed by atoms with Gasteiger partial charge in [-0.05, 0) is 38.8 Å². The van der Waals surface area contributed by atoms with Crippen molar-refractivity contribution in [3.8, 4) is 0 Å². The number of benzene rings is 1. The second-order valence-electron chi connectivity index (χ2n) is 6.29. The normalized spacial score (nSPS) is 11.9. The van der Waals surface area contributed by atoms with E-state index < -0.39 is 0 Å². The molecule has 0 aliphatic carbocycles. The fourth-order valence-corrected chi connectivity index (χ4v) is 2.95. The number of allylic oxidation sites excluding steroid dienone is 2. The number of carbonyl (C=O) groups is 1. The largest absolute Gasteiger partial charge is 0.321 e. The molecule has 1 aromatic rings. The molecular formula is C21H31N2O+. The number of carbonyl (C=O) groups excluding carboxylic acids is 1. The van der Waals surface area contributed by atoms with Gasteiger partial charge in [-0.1, -0.05) is 49.6 Å². The number of aryl methyl sites for hydroxylation is 2. The molecular weight excluding hydrogens is 296 g/mol. The Balaban J connectivity index is 2.95. The molecule has 0 spiro atoms. The molecule has 1 N–H and O–H groups in total. The molecule has 0 heterocycles. The molecule has 0 unspecified atom stereocenters. The monoisotopic (exact) mass is 327 g/mol. The van der Waals surface area contributed by atoms with E-state index in [0.29, 0.717) is 11.0 Å². The molecule has 0 aliphatic heterocycles. The second-order valence-corrected chi connectivity index (χ2v) is 6.29. The van der Waals surface area contributed by atoms with E-state index in [1.807, 2.05) is 44.2 Å². The highest BCUT2D eigenvalue weighted by atomic mass is 16.2. The minimum atomic E-state index is 0.0538. The molecule has 1 aromatic carbocycles. The van der Waals surface area contributed by atoms with Crippen LogP contribution in [0.4, 0.5) is 5.69 Å². The quantitative estimate of drug-likeness (QED) is 0.529. The van der Waals surface area contributed by atoms with E-state index >= 15 is 0 Å². The van der Waals surface area contributed by atoms with Crippen molar-refractivity contribution in [3.05, 3.63) is 66.3 Å². The Morgan fingerprint density at radius 3 is 2.17 bits per heavy atom. The fourth-order valence-electron chi connectivity index (χ4n) is 2.95. The van der Waals surface area contributed by atoms with Gasteiger partial charge in [0.25, 0.3) is 5.91 Å². The van der Waals surface area contributed by atoms with Gasteiger partial charge in [0.2, 0.25) is 0 Å². The first-order chi connectivity index (χ1) is 11.4. The van der Waals surface area contributed by atoms with E-state index in [0.717, 1.165) is 42.0 Å². The number of likely N-dealkylation sites (N-methyl/N-ethyl adjacent to an activating group) is 1. The number of nitrogens with zero attached hydrogens (tertiary/aromatic N) is 1. The summed E-state index contributed by atoms with van der Waals surface area (Å²) in [5.74, 6) is 0.0538. The van der Waals surface area contributed by atoms with E-state index in [1.165, 1.54) is 0 Å². The average Bonchev–Trinajstić information content (AvgIpc) is 2.57. The zero-order chi connectivity index (χ0) is 18.2. The standard InChI is InChI=1S/C21H30N2O/c1-7-12-19(8-2)15-23(9-3,10-4)16-20(24)22-21-17(5)13-11-14-18(21)6/h7-8,11-14H,1-2,9-10,15-16H2,3-6H3/p+1/b19-12+. The van der Waals surface area contributed by atoms with Gasteiger partial charge in [0.15, 0.2) is 6.54 Å². The lowest BCUT2D eigenvalue weighted by Crippen LogP contribution is -2.53. The molecule has 0 bridgehead atoms. The maximum Gasteiger partial charge on any atom is 0.279 e. The summed E-state index contributed by atoms with van der Waals surface area (Å²) < 4.78 is 0.697. The molecule has 1 rings (SSSR count). The number of anilines is 1. The number of para-hydroxylation sites is 1. The van der Waals surface area contributed by atoms with Crippen molar-refractivity contribution >= 4 is 11.6 Å². The van der Waals surface area contributed by atoms with Crippen molar-refractivity contribution in [3.63, 3.8) is 0 Å². The molecule has 0 aliphatic rings. The average molecular weight is 327 g/mol. The van der Waals surface area contributed by atoms with Crippen molar-refractivity contribution in [1.29, 1.82) is 0 Å². The third-order valence-electron chi connectivity index (χ3n) is 4.68. The number of rotatable bonds is 9. The lowest BCUT2D eigenvalue weighted by Gasteiger charge is -2.36. The Hall–Kier alpha value is -2.13. The summed E-state index contributed by atoms with van der Waals surface area (Å²) in [4.78, 5) is 12.7. The van der Waals surface area contributed by atoms with Crippen LogP contribution in [0.2, 0.25) is 0 Å². The summed E-state index contributed by atoms with van der Waals surface area (Å²) in [6.45, 7) is 18.9. The summed E-state index contributed by atoms with van der Waals surface area (Å²) in [5, 5.41) is 3.11. The van der Waals surface area contributed by atoms with Gasteiger partial charge >= 0.3 is 0 Å². The van der Waals surface area contributed by atoms with Crippen LogP contribution in [0, 0.1) is 13.8 Å². The van der Waals surface area contributed by atoms with E-state index in [9.17, 15) is 4.79 Å². The van der Waals surface area contributed by atoms with E-state index in [4.69, 9.17) is 0 Å². The van der Waals surface area contributed by atoms with Gasteiger partial charge in [0.1, 0.15) is 6.54 Å². The van der Waals surface area contributed by atoms with Crippen molar-refractivity contribution in [1.82, 2.24) is 0 Å². The Bertz CT molecular complexity index is 604. The number of hydrogen-bond acceptors (Lipinski definition) is 1. The van der Waals surface area contributed by atoms with Gasteiger partial charge in [0, 0.05) is 11.3 Å². The molecule has 0 saturated heterocycles. The molecule has 130 valence electrons. The van der Waals surface area contributed by atoms with Crippen LogP contribution in [-0.2, 0) is 4.79 Å². The molecule has 0 fully saturated rings. The van der Waals surface area contributed by atoms with Gasteiger partial charge in [0.05, 0.1) is 13.1 Å². The van der Waals surface area contributed by atoms with Crippen LogP contribution >= 0.6 is 0 Å². The molecule has 0 atom stereocenters. The second kappa shape index (κ2) is 9.24. The maximum absolute atomic E-state index is 12.7. The van der Waals surface area contributed by atoms with Gasteiger partial charge in [-0.2, -0.15) is 0 Å². The van der Waals surface area contributed by atoms with Gasteiger partial charge < -0.3 is 9.80 Å². The highest BCUT2D eigenvalue weighted by molar-refractivity contribution is 5.93. The Kier molecular flexibility index (Phi) is 7.66. The predicted molar refractivity (Wildman–Crippen MR) is 104 cm³/mol. The fraction of sp³-hybridized carbons (Fsp3) is 0.381. The highest BCUT2D eigenvalue weighted by Crippen LogP contribution is 2.20. The van der Waals surface area contributed by atoms with E-state index in [2.05, 4.69) is 32.3 Å². The van der Waals surface area contributed by atoms with Crippen LogP contribution in [0.1, 0.15) is 25.0 Å². The SMILES string of the molecule is C=C/C=C(\C=C)C[N+](CC)(CC)CC(=O)Nc1c(C)cccc1C. The minimum Gasteiger partial charge on any atom is -0.321 e. The van der Waals surface area contributed by atoms with Crippen LogP contribution in [0.15, 0.2) is 55.2 Å². The smallest absolute Gasteiger partial charge is 0.279 e. The van der Waals surface area contributed by atoms with Crippen LogP contribution in [-0.4, -0.2) is 36.6 Å². The van der Waals surface area contributed by atoms with Crippen molar-refractivity contribution in [2.24, 2.45) is 0 Å². The van der Waals surface area contributed by atoms with Crippen molar-refractivity contribution < 1.29 is 9.28 Å². The molecule has 3 nitrogen and oxygen atoms in total. The Morgan fingerprint density at radius 1 is 1.12 bits per heavy atom. The third-order valence-corrected chi connectivity index (χ3v) is 4.68. The maximum atomic E-state index is 12.7. The van der Waals surface area contributed by atoms with E-state index in [-0.39, 0.29) is 5.91 Å².